The molecule has 27 heavy (non-hydrogen) atoms. The Kier molecular flexibility index (Phi) is 6.63. The fourth-order valence-corrected chi connectivity index (χ4v) is 2.44. The molecule has 0 spiro atoms. The third kappa shape index (κ3) is 6.09. The highest BCUT2D eigenvalue weighted by Gasteiger charge is 2.18. The zero-order valence-electron chi connectivity index (χ0n) is 15.4. The highest BCUT2D eigenvalue weighted by Crippen LogP contribution is 2.28. The highest BCUT2D eigenvalue weighted by molar-refractivity contribution is 14.1. The maximum absolute atomic E-state index is 13.7. The molecular weight excluding hydrogens is 466 g/mol. The molecule has 0 aliphatic rings. The summed E-state index contributed by atoms with van der Waals surface area (Å²) in [5, 5.41) is 5.25. The largest absolute Gasteiger partial charge is 0.497 e. The molecule has 2 aromatic carbocycles. The molecule has 0 atom stereocenters. The van der Waals surface area contributed by atoms with Crippen LogP contribution in [0.25, 0.3) is 0 Å². The SMILES string of the molecule is COc1ccc(NC(=O)OC(C)(C)C)c(NC(=O)c2ccc(I)c(F)c2)c1. The number of anilines is 2. The van der Waals surface area contributed by atoms with Crippen molar-refractivity contribution in [3.63, 3.8) is 0 Å². The van der Waals surface area contributed by atoms with Crippen molar-refractivity contribution in [2.75, 3.05) is 17.7 Å². The number of halogens is 2. The number of nitrogens with one attached hydrogen (secondary N) is 2. The average molecular weight is 486 g/mol. The van der Waals surface area contributed by atoms with Gasteiger partial charge in [-0.1, -0.05) is 0 Å². The lowest BCUT2D eigenvalue weighted by Crippen LogP contribution is -2.27. The molecule has 0 saturated carbocycles. The van der Waals surface area contributed by atoms with Gasteiger partial charge >= 0.3 is 6.09 Å². The fraction of sp³-hybridized carbons (Fsp3) is 0.263. The molecule has 0 heterocycles. The van der Waals surface area contributed by atoms with Crippen LogP contribution in [0.5, 0.6) is 5.75 Å². The molecular formula is C19H20FIN2O4. The first kappa shape index (κ1) is 20.9. The van der Waals surface area contributed by atoms with Gasteiger partial charge in [-0.05, 0) is 73.7 Å². The topological polar surface area (TPSA) is 76.7 Å². The highest BCUT2D eigenvalue weighted by atomic mass is 127. The van der Waals surface area contributed by atoms with E-state index in [0.717, 1.165) is 6.07 Å². The predicted octanol–water partition coefficient (Wildman–Crippen LogP) is 5.04. The molecule has 2 aromatic rings. The molecule has 0 unspecified atom stereocenters. The van der Waals surface area contributed by atoms with Crippen LogP contribution in [-0.2, 0) is 4.74 Å². The van der Waals surface area contributed by atoms with Crippen LogP contribution < -0.4 is 15.4 Å². The molecule has 0 radical (unpaired) electrons. The summed E-state index contributed by atoms with van der Waals surface area (Å²) >= 11 is 1.84. The lowest BCUT2D eigenvalue weighted by atomic mass is 10.2. The number of ether oxygens (including phenoxy) is 2. The summed E-state index contributed by atoms with van der Waals surface area (Å²) in [6, 6.07) is 8.93. The van der Waals surface area contributed by atoms with Gasteiger partial charge in [0, 0.05) is 15.2 Å². The summed E-state index contributed by atoms with van der Waals surface area (Å²) < 4.78 is 24.5. The zero-order chi connectivity index (χ0) is 20.2. The summed E-state index contributed by atoms with van der Waals surface area (Å²) in [4.78, 5) is 24.5. The Balaban J connectivity index is 2.26. The van der Waals surface area contributed by atoms with Gasteiger partial charge in [0.2, 0.25) is 0 Å². The lowest BCUT2D eigenvalue weighted by molar-refractivity contribution is 0.0635. The van der Waals surface area contributed by atoms with Gasteiger partial charge in [-0.3, -0.25) is 10.1 Å². The fourth-order valence-electron chi connectivity index (χ4n) is 2.11. The zero-order valence-corrected chi connectivity index (χ0v) is 17.5. The van der Waals surface area contributed by atoms with Crippen LogP contribution in [0, 0.1) is 9.39 Å². The van der Waals surface area contributed by atoms with Gasteiger partial charge in [-0.25, -0.2) is 9.18 Å². The van der Waals surface area contributed by atoms with Gasteiger partial charge in [0.05, 0.1) is 18.5 Å². The van der Waals surface area contributed by atoms with E-state index in [2.05, 4.69) is 10.6 Å². The van der Waals surface area contributed by atoms with Crippen LogP contribution in [-0.4, -0.2) is 24.7 Å². The molecule has 144 valence electrons. The number of carbonyl (C=O) groups excluding carboxylic acids is 2. The molecule has 6 nitrogen and oxygen atoms in total. The van der Waals surface area contributed by atoms with Crippen LogP contribution in [0.2, 0.25) is 0 Å². The number of benzene rings is 2. The molecule has 2 N–H and O–H groups in total. The maximum Gasteiger partial charge on any atom is 0.412 e. The Labute approximate surface area is 170 Å². The van der Waals surface area contributed by atoms with Crippen molar-refractivity contribution in [1.29, 1.82) is 0 Å². The Morgan fingerprint density at radius 1 is 1.04 bits per heavy atom. The van der Waals surface area contributed by atoms with Crippen molar-refractivity contribution in [2.45, 2.75) is 26.4 Å². The van der Waals surface area contributed by atoms with Gasteiger partial charge in [-0.2, -0.15) is 0 Å². The van der Waals surface area contributed by atoms with Crippen LogP contribution in [0.3, 0.4) is 0 Å². The Morgan fingerprint density at radius 2 is 1.74 bits per heavy atom. The summed E-state index contributed by atoms with van der Waals surface area (Å²) in [6.45, 7) is 5.23. The van der Waals surface area contributed by atoms with Crippen molar-refractivity contribution >= 4 is 46.0 Å². The molecule has 0 aromatic heterocycles. The maximum atomic E-state index is 13.7. The number of carbonyl (C=O) groups is 2. The second-order valence-corrected chi connectivity index (χ2v) is 7.78. The van der Waals surface area contributed by atoms with E-state index >= 15 is 0 Å². The van der Waals surface area contributed by atoms with E-state index in [1.807, 2.05) is 22.6 Å². The molecule has 2 amide bonds. The number of hydrogen-bond donors (Lipinski definition) is 2. The quantitative estimate of drug-likeness (QED) is 0.594. The minimum Gasteiger partial charge on any atom is -0.497 e. The van der Waals surface area contributed by atoms with Gasteiger partial charge < -0.3 is 14.8 Å². The first-order valence-electron chi connectivity index (χ1n) is 8.03. The van der Waals surface area contributed by atoms with Crippen molar-refractivity contribution in [3.05, 3.63) is 51.3 Å². The van der Waals surface area contributed by atoms with Crippen LogP contribution in [0.4, 0.5) is 20.6 Å². The van der Waals surface area contributed by atoms with Crippen LogP contribution >= 0.6 is 22.6 Å². The number of hydrogen-bond acceptors (Lipinski definition) is 4. The smallest absolute Gasteiger partial charge is 0.412 e. The first-order chi connectivity index (χ1) is 12.6. The van der Waals surface area contributed by atoms with E-state index in [1.54, 1.807) is 39.0 Å². The van der Waals surface area contributed by atoms with E-state index in [4.69, 9.17) is 9.47 Å². The van der Waals surface area contributed by atoms with E-state index in [-0.39, 0.29) is 5.56 Å². The van der Waals surface area contributed by atoms with Crippen molar-refractivity contribution < 1.29 is 23.5 Å². The number of methoxy groups -OCH3 is 1. The normalized spacial score (nSPS) is 10.9. The second-order valence-electron chi connectivity index (χ2n) is 6.62. The van der Waals surface area contributed by atoms with Gasteiger partial charge in [0.25, 0.3) is 5.91 Å². The summed E-state index contributed by atoms with van der Waals surface area (Å²) in [7, 11) is 1.48. The predicted molar refractivity (Wildman–Crippen MR) is 110 cm³/mol. The Morgan fingerprint density at radius 3 is 2.33 bits per heavy atom. The van der Waals surface area contributed by atoms with Gasteiger partial charge in [0.1, 0.15) is 17.2 Å². The van der Waals surface area contributed by atoms with Crippen molar-refractivity contribution in [3.8, 4) is 5.75 Å². The van der Waals surface area contributed by atoms with Crippen LogP contribution in [0.1, 0.15) is 31.1 Å². The summed E-state index contributed by atoms with van der Waals surface area (Å²) in [5.41, 5.74) is 0.103. The Bertz CT molecular complexity index is 865. The molecule has 2 rings (SSSR count). The molecule has 0 fully saturated rings. The third-order valence-corrected chi connectivity index (χ3v) is 4.17. The molecule has 0 bridgehead atoms. The lowest BCUT2D eigenvalue weighted by Gasteiger charge is -2.20. The first-order valence-corrected chi connectivity index (χ1v) is 9.11. The van der Waals surface area contributed by atoms with E-state index in [1.165, 1.54) is 19.2 Å². The Hall–Kier alpha value is -2.36. The monoisotopic (exact) mass is 486 g/mol. The van der Waals surface area contributed by atoms with Crippen molar-refractivity contribution in [1.82, 2.24) is 0 Å². The van der Waals surface area contributed by atoms with Crippen LogP contribution in [0.15, 0.2) is 36.4 Å². The minimum absolute atomic E-state index is 0.152. The van der Waals surface area contributed by atoms with Crippen molar-refractivity contribution in [2.24, 2.45) is 0 Å². The second kappa shape index (κ2) is 8.55. The molecule has 0 aliphatic carbocycles. The molecule has 8 heteroatoms. The van der Waals surface area contributed by atoms with Gasteiger partial charge in [-0.15, -0.1) is 0 Å². The third-order valence-electron chi connectivity index (χ3n) is 3.29. The minimum atomic E-state index is -0.668. The van der Waals surface area contributed by atoms with E-state index in [0.29, 0.717) is 20.7 Å². The summed E-state index contributed by atoms with van der Waals surface area (Å²) in [5.74, 6) is -0.527. The standard InChI is InChI=1S/C19H20FIN2O4/c1-19(2,3)27-18(25)23-15-8-6-12(26-4)10-16(15)22-17(24)11-5-7-14(21)13(20)9-11/h5-10H,1-4H3,(H,22,24)(H,23,25). The summed E-state index contributed by atoms with van der Waals surface area (Å²) in [6.07, 6.45) is -0.663. The van der Waals surface area contributed by atoms with E-state index in [9.17, 15) is 14.0 Å². The van der Waals surface area contributed by atoms with Gasteiger partial charge in [0.15, 0.2) is 0 Å². The molecule has 0 saturated heterocycles. The molecule has 0 aliphatic heterocycles. The number of amides is 2. The number of rotatable bonds is 4. The van der Waals surface area contributed by atoms with E-state index < -0.39 is 23.4 Å². The average Bonchev–Trinajstić information content (AvgIpc) is 2.57.